The van der Waals surface area contributed by atoms with Crippen molar-refractivity contribution >= 4 is 15.7 Å². The van der Waals surface area contributed by atoms with Gasteiger partial charge in [-0.25, -0.2) is 13.4 Å². The Morgan fingerprint density at radius 2 is 2.00 bits per heavy atom. The molecule has 6 heteroatoms. The molecule has 0 aromatic carbocycles. The number of hydrogen-bond acceptors (Lipinski definition) is 5. The lowest BCUT2D eigenvalue weighted by Gasteiger charge is -2.16. The zero-order valence-corrected chi connectivity index (χ0v) is 13.4. The van der Waals surface area contributed by atoms with Crippen LogP contribution in [0, 0.1) is 0 Å². The number of sulfone groups is 1. The quantitative estimate of drug-likeness (QED) is 0.646. The van der Waals surface area contributed by atoms with Crippen LogP contribution in [-0.2, 0) is 14.6 Å². The van der Waals surface area contributed by atoms with Crippen molar-refractivity contribution in [3.05, 3.63) is 18.3 Å². The van der Waals surface area contributed by atoms with Crippen LogP contribution in [0.2, 0.25) is 0 Å². The van der Waals surface area contributed by atoms with Crippen LogP contribution in [0.25, 0.3) is 0 Å². The van der Waals surface area contributed by atoms with E-state index in [0.29, 0.717) is 25.1 Å². The average molecular weight is 312 g/mol. The van der Waals surface area contributed by atoms with E-state index >= 15 is 0 Å². The summed E-state index contributed by atoms with van der Waals surface area (Å²) >= 11 is 0. The third-order valence-electron chi connectivity index (χ3n) is 3.72. The van der Waals surface area contributed by atoms with Crippen LogP contribution in [-0.4, -0.2) is 38.9 Å². The van der Waals surface area contributed by atoms with Gasteiger partial charge in [-0.1, -0.05) is 25.7 Å². The van der Waals surface area contributed by atoms with Gasteiger partial charge in [0.15, 0.2) is 9.84 Å². The summed E-state index contributed by atoms with van der Waals surface area (Å²) in [5, 5.41) is 3.06. The number of ether oxygens (including phenoxy) is 1. The molecule has 0 unspecified atom stereocenters. The predicted molar refractivity (Wildman–Crippen MR) is 83.3 cm³/mol. The summed E-state index contributed by atoms with van der Waals surface area (Å²) in [5.41, 5.74) is 0. The first-order valence-electron chi connectivity index (χ1n) is 7.58. The first-order chi connectivity index (χ1) is 10.1. The van der Waals surface area contributed by atoms with E-state index in [1.807, 2.05) is 0 Å². The van der Waals surface area contributed by atoms with Gasteiger partial charge in [-0.05, 0) is 25.0 Å². The molecule has 1 saturated carbocycles. The van der Waals surface area contributed by atoms with Crippen molar-refractivity contribution in [2.45, 2.75) is 49.5 Å². The first kappa shape index (κ1) is 16.2. The molecule has 2 rings (SSSR count). The molecule has 1 fully saturated rings. The maximum absolute atomic E-state index is 11.7. The van der Waals surface area contributed by atoms with Gasteiger partial charge in [0.1, 0.15) is 10.7 Å². The predicted octanol–water partition coefficient (Wildman–Crippen LogP) is 2.64. The lowest BCUT2D eigenvalue weighted by molar-refractivity contribution is 0.0501. The van der Waals surface area contributed by atoms with Crippen molar-refractivity contribution in [2.24, 2.45) is 0 Å². The highest BCUT2D eigenvalue weighted by molar-refractivity contribution is 7.90. The Bertz CT molecular complexity index is 538. The van der Waals surface area contributed by atoms with Crippen molar-refractivity contribution in [1.29, 1.82) is 0 Å². The maximum Gasteiger partial charge on any atom is 0.179 e. The molecular weight excluding hydrogens is 288 g/mol. The summed E-state index contributed by atoms with van der Waals surface area (Å²) in [7, 11) is -3.26. The molecule has 21 heavy (non-hydrogen) atoms. The molecular formula is C15H24N2O3S. The number of anilines is 1. The summed E-state index contributed by atoms with van der Waals surface area (Å²) in [5.74, 6) is 0.407. The molecule has 1 heterocycles. The first-order valence-corrected chi connectivity index (χ1v) is 9.47. The van der Waals surface area contributed by atoms with Crippen molar-refractivity contribution in [3.63, 3.8) is 0 Å². The number of rotatable bonds is 6. The fourth-order valence-corrected chi connectivity index (χ4v) is 3.43. The average Bonchev–Trinajstić information content (AvgIpc) is 2.72. The highest BCUT2D eigenvalue weighted by Crippen LogP contribution is 2.20. The molecule has 1 aromatic rings. The molecule has 1 aliphatic carbocycles. The molecule has 0 bridgehead atoms. The van der Waals surface area contributed by atoms with Gasteiger partial charge in [-0.15, -0.1) is 0 Å². The number of aromatic nitrogens is 1. The Morgan fingerprint density at radius 3 is 2.67 bits per heavy atom. The Hall–Kier alpha value is -1.14. The molecule has 1 aromatic heterocycles. The number of nitrogens with one attached hydrogen (secondary N) is 1. The minimum Gasteiger partial charge on any atom is -0.376 e. The van der Waals surface area contributed by atoms with E-state index in [2.05, 4.69) is 10.3 Å². The second-order valence-corrected chi connectivity index (χ2v) is 7.52. The lowest BCUT2D eigenvalue weighted by Crippen LogP contribution is -2.18. The molecule has 118 valence electrons. The molecule has 0 radical (unpaired) electrons. The molecule has 0 saturated heterocycles. The Kier molecular flexibility index (Phi) is 5.99. The smallest absolute Gasteiger partial charge is 0.179 e. The van der Waals surface area contributed by atoms with Crippen LogP contribution >= 0.6 is 0 Å². The number of hydrogen-bond donors (Lipinski definition) is 1. The van der Waals surface area contributed by atoms with Crippen LogP contribution in [0.3, 0.4) is 0 Å². The SMILES string of the molecule is CS(=O)(=O)c1cccnc1NCCOC1CCCCCC1. The van der Waals surface area contributed by atoms with Gasteiger partial charge in [0.05, 0.1) is 12.7 Å². The number of nitrogens with zero attached hydrogens (tertiary/aromatic N) is 1. The van der Waals surface area contributed by atoms with Crippen molar-refractivity contribution in [3.8, 4) is 0 Å². The normalized spacial score (nSPS) is 17.4. The van der Waals surface area contributed by atoms with Gasteiger partial charge in [0.2, 0.25) is 0 Å². The van der Waals surface area contributed by atoms with Gasteiger partial charge in [0.25, 0.3) is 0 Å². The summed E-state index contributed by atoms with van der Waals surface area (Å²) in [6, 6.07) is 3.19. The zero-order valence-electron chi connectivity index (χ0n) is 12.5. The summed E-state index contributed by atoms with van der Waals surface area (Å²) < 4.78 is 29.2. The van der Waals surface area contributed by atoms with E-state index in [1.54, 1.807) is 18.3 Å². The molecule has 5 nitrogen and oxygen atoms in total. The third kappa shape index (κ3) is 5.28. The largest absolute Gasteiger partial charge is 0.376 e. The van der Waals surface area contributed by atoms with Crippen molar-refractivity contribution in [2.75, 3.05) is 24.7 Å². The van der Waals surface area contributed by atoms with E-state index in [0.717, 1.165) is 12.8 Å². The Morgan fingerprint density at radius 1 is 1.29 bits per heavy atom. The van der Waals surface area contributed by atoms with Crippen LogP contribution in [0.15, 0.2) is 23.2 Å². The van der Waals surface area contributed by atoms with Crippen molar-refractivity contribution < 1.29 is 13.2 Å². The van der Waals surface area contributed by atoms with Gasteiger partial charge in [0, 0.05) is 19.0 Å². The molecule has 0 spiro atoms. The van der Waals surface area contributed by atoms with E-state index in [-0.39, 0.29) is 4.90 Å². The van der Waals surface area contributed by atoms with Crippen molar-refractivity contribution in [1.82, 2.24) is 4.98 Å². The Balaban J connectivity index is 1.81. The van der Waals surface area contributed by atoms with Gasteiger partial charge < -0.3 is 10.1 Å². The highest BCUT2D eigenvalue weighted by Gasteiger charge is 2.14. The van der Waals surface area contributed by atoms with Gasteiger partial charge in [-0.2, -0.15) is 0 Å². The van der Waals surface area contributed by atoms with E-state index in [4.69, 9.17) is 4.74 Å². The summed E-state index contributed by atoms with van der Waals surface area (Å²) in [6.45, 7) is 1.14. The second-order valence-electron chi connectivity index (χ2n) is 5.53. The van der Waals surface area contributed by atoms with Crippen LogP contribution in [0.5, 0.6) is 0 Å². The second kappa shape index (κ2) is 7.75. The molecule has 1 aliphatic rings. The van der Waals surface area contributed by atoms with Crippen LogP contribution in [0.4, 0.5) is 5.82 Å². The molecule has 1 N–H and O–H groups in total. The van der Waals surface area contributed by atoms with E-state index in [9.17, 15) is 8.42 Å². The van der Waals surface area contributed by atoms with E-state index in [1.165, 1.54) is 31.9 Å². The summed E-state index contributed by atoms with van der Waals surface area (Å²) in [6.07, 6.45) is 10.5. The zero-order chi connectivity index (χ0) is 15.1. The maximum atomic E-state index is 11.7. The standard InChI is InChI=1S/C15H24N2O3S/c1-21(18,19)14-9-6-10-16-15(14)17-11-12-20-13-7-4-2-3-5-8-13/h6,9-10,13H,2-5,7-8,11-12H2,1H3,(H,16,17). The fourth-order valence-electron chi connectivity index (χ4n) is 2.63. The lowest BCUT2D eigenvalue weighted by atomic mass is 10.1. The van der Waals surface area contributed by atoms with Gasteiger partial charge >= 0.3 is 0 Å². The monoisotopic (exact) mass is 312 g/mol. The number of pyridine rings is 1. The third-order valence-corrected chi connectivity index (χ3v) is 4.85. The highest BCUT2D eigenvalue weighted by atomic mass is 32.2. The molecule has 0 atom stereocenters. The van der Waals surface area contributed by atoms with Crippen LogP contribution in [0.1, 0.15) is 38.5 Å². The van der Waals surface area contributed by atoms with Gasteiger partial charge in [-0.3, -0.25) is 0 Å². The minimum atomic E-state index is -3.26. The molecule has 0 amide bonds. The fraction of sp³-hybridized carbons (Fsp3) is 0.667. The van der Waals surface area contributed by atoms with Crippen LogP contribution < -0.4 is 5.32 Å². The topological polar surface area (TPSA) is 68.3 Å². The Labute approximate surface area is 127 Å². The molecule has 0 aliphatic heterocycles. The van der Waals surface area contributed by atoms with E-state index < -0.39 is 9.84 Å². The summed E-state index contributed by atoms with van der Waals surface area (Å²) in [4.78, 5) is 4.33. The minimum absolute atomic E-state index is 0.236.